The minimum atomic E-state index is -0.135. The minimum Gasteiger partial charge on any atom is -0.504 e. The van der Waals surface area contributed by atoms with Gasteiger partial charge in [-0.1, -0.05) is 61.4 Å². The Morgan fingerprint density at radius 2 is 0.489 bits per heavy atom. The normalized spacial score (nSPS) is 11.5. The summed E-state index contributed by atoms with van der Waals surface area (Å²) < 4.78 is 0. The van der Waals surface area contributed by atoms with E-state index in [0.29, 0.717) is 103 Å². The molecule has 0 spiro atoms. The van der Waals surface area contributed by atoms with Crippen molar-refractivity contribution in [3.05, 3.63) is 168 Å². The van der Waals surface area contributed by atoms with Crippen LogP contribution in [0.5, 0.6) is 23.0 Å². The zero-order valence-corrected chi connectivity index (χ0v) is 49.9. The fourth-order valence-corrected chi connectivity index (χ4v) is 10.5. The van der Waals surface area contributed by atoms with Gasteiger partial charge >= 0.3 is 0 Å². The lowest BCUT2D eigenvalue weighted by molar-refractivity contribution is 0.469. The number of phenolic OH excluding ortho intramolecular Hbond substituents is 4. The molecule has 0 aliphatic heterocycles. The summed E-state index contributed by atoms with van der Waals surface area (Å²) in [4.78, 5) is 33.9. The second-order valence-electron chi connectivity index (χ2n) is 22.0. The van der Waals surface area contributed by atoms with Crippen LogP contribution in [0.25, 0.3) is 66.9 Å². The van der Waals surface area contributed by atoms with Gasteiger partial charge in [-0.3, -0.25) is 0 Å². The molecule has 14 rings (SSSR count). The van der Waals surface area contributed by atoms with Gasteiger partial charge in [0, 0.05) is 13.1 Å². The molecule has 0 amide bonds. The van der Waals surface area contributed by atoms with Crippen molar-refractivity contribution in [3.8, 4) is 45.7 Å². The quantitative estimate of drug-likeness (QED) is 0.0236. The summed E-state index contributed by atoms with van der Waals surface area (Å²) in [5.41, 5.74) is 11.1. The molecule has 0 bridgehead atoms. The maximum atomic E-state index is 11.7. The number of nitrogens with zero attached hydrogens (tertiary/aromatic N) is 18. The Labute approximate surface area is 522 Å². The van der Waals surface area contributed by atoms with Crippen LogP contribution in [0, 0.1) is 27.7 Å². The molecule has 8 aromatic carbocycles. The molecule has 0 saturated heterocycles. The van der Waals surface area contributed by atoms with Gasteiger partial charge in [0.05, 0.1) is 22.7 Å². The molecule has 0 aliphatic carbocycles. The zero-order valence-electron chi connectivity index (χ0n) is 49.9. The minimum absolute atomic E-state index is 0.0883. The summed E-state index contributed by atoms with van der Waals surface area (Å²) in [5, 5.41) is 103. The second-order valence-corrected chi connectivity index (χ2v) is 22.0. The predicted molar refractivity (Wildman–Crippen MR) is 349 cm³/mol. The molecule has 0 saturated carbocycles. The molecule has 6 heterocycles. The van der Waals surface area contributed by atoms with E-state index in [2.05, 4.69) is 72.7 Å². The van der Waals surface area contributed by atoms with Gasteiger partial charge in [-0.25, -0.2) is 0 Å². The topological polar surface area (TPSA) is 353 Å². The van der Waals surface area contributed by atoms with Crippen molar-refractivity contribution < 1.29 is 20.4 Å². The standard InChI is InChI=1S/C64H58N24O4/c1-35-27-47(55(89)51(31-35)85-77-39-17-7-8-18-40(39)78-85)67-61-71-59(72-62(75-61)68-48-28-36(2)32-52(56(48)90)86-79-41-19-9-10-20-42(41)80-86)65-25-15-5-6-16-26-66-60-73-63(69-49-29-37(3)33-53(57(49)91)87-81-43-21-11-12-22-44(43)82-87)76-64(74-60)70-50-30-38(4)34-54(58(50)92)88-83-45-23-13-14-24-46(45)84-88/h7-14,17-24,27-34,89-92H,5-6,15-16,25-26H2,1-4H3,(H3,65,67,68,71,72,75)(H3,66,69,70,73,74,76). The predicted octanol–water partition coefficient (Wildman–Crippen LogP) is 11.1. The Kier molecular flexibility index (Phi) is 15.0. The number of nitrogens with one attached hydrogen (secondary N) is 6. The summed E-state index contributed by atoms with van der Waals surface area (Å²) in [6.07, 6.45) is 3.07. The smallest absolute Gasteiger partial charge is 0.233 e. The van der Waals surface area contributed by atoms with E-state index in [1.165, 1.54) is 19.2 Å². The molecule has 458 valence electrons. The second kappa shape index (κ2) is 24.2. The van der Waals surface area contributed by atoms with Gasteiger partial charge < -0.3 is 52.3 Å². The lowest BCUT2D eigenvalue weighted by Gasteiger charge is -2.15. The Hall–Kier alpha value is -12.6. The van der Waals surface area contributed by atoms with E-state index in [4.69, 9.17) is 29.9 Å². The SMILES string of the molecule is Cc1cc(Nc2nc(NCCCCCCNc3nc(Nc4cc(C)cc(-n5nc6ccccc6n5)c4O)nc(Nc4cc(C)cc(-n5nc6ccccc6n5)c4O)n3)nc(Nc3cc(C)cc(-n4nc5ccccc5n4)c3O)n2)c(O)c(-n2nc3ccccc3n2)c1. The number of hydrogen-bond acceptors (Lipinski definition) is 24. The molecule has 0 unspecified atom stereocenters. The Morgan fingerprint density at radius 3 is 0.707 bits per heavy atom. The van der Waals surface area contributed by atoms with Gasteiger partial charge in [0.25, 0.3) is 0 Å². The number of phenols is 4. The van der Waals surface area contributed by atoms with E-state index in [-0.39, 0.29) is 58.7 Å². The van der Waals surface area contributed by atoms with Gasteiger partial charge in [-0.05, 0) is 160 Å². The summed E-state index contributed by atoms with van der Waals surface area (Å²) in [7, 11) is 0. The van der Waals surface area contributed by atoms with Crippen molar-refractivity contribution in [2.75, 3.05) is 45.0 Å². The Bertz CT molecular complexity index is 4370. The van der Waals surface area contributed by atoms with Gasteiger partial charge in [0.1, 0.15) is 66.9 Å². The number of unbranched alkanes of at least 4 members (excludes halogenated alkanes) is 3. The number of aromatic nitrogens is 18. The first-order chi connectivity index (χ1) is 44.8. The maximum Gasteiger partial charge on any atom is 0.233 e. The van der Waals surface area contributed by atoms with Crippen LogP contribution in [0.1, 0.15) is 47.9 Å². The third-order valence-corrected chi connectivity index (χ3v) is 14.9. The van der Waals surface area contributed by atoms with Crippen LogP contribution in [-0.4, -0.2) is 123 Å². The van der Waals surface area contributed by atoms with Crippen LogP contribution in [0.3, 0.4) is 0 Å². The average molecular weight is 1230 g/mol. The molecular formula is C64H58N24O4. The lowest BCUT2D eigenvalue weighted by Crippen LogP contribution is -2.12. The van der Waals surface area contributed by atoms with E-state index in [0.717, 1.165) is 47.9 Å². The zero-order chi connectivity index (χ0) is 63.0. The van der Waals surface area contributed by atoms with Crippen molar-refractivity contribution in [2.45, 2.75) is 53.4 Å². The molecule has 28 heteroatoms. The van der Waals surface area contributed by atoms with Crippen molar-refractivity contribution in [1.29, 1.82) is 0 Å². The number of anilines is 10. The van der Waals surface area contributed by atoms with Crippen molar-refractivity contribution in [3.63, 3.8) is 0 Å². The van der Waals surface area contributed by atoms with Crippen molar-refractivity contribution in [1.82, 2.24) is 89.9 Å². The number of aryl methyl sites for hydroxylation is 4. The van der Waals surface area contributed by atoms with E-state index in [9.17, 15) is 20.4 Å². The average Bonchev–Trinajstić information content (AvgIpc) is 1.54. The molecule has 92 heavy (non-hydrogen) atoms. The van der Waals surface area contributed by atoms with Gasteiger partial charge in [0.2, 0.25) is 35.7 Å². The summed E-state index contributed by atoms with van der Waals surface area (Å²) in [6.45, 7) is 8.52. The van der Waals surface area contributed by atoms with E-state index < -0.39 is 0 Å². The number of hydrogen-bond donors (Lipinski definition) is 10. The first kappa shape index (κ1) is 57.1. The summed E-state index contributed by atoms with van der Waals surface area (Å²) in [6, 6.07) is 43.9. The fraction of sp³-hybridized carbons (Fsp3) is 0.156. The first-order valence-corrected chi connectivity index (χ1v) is 29.5. The largest absolute Gasteiger partial charge is 0.504 e. The van der Waals surface area contributed by atoms with Crippen LogP contribution in [0.15, 0.2) is 146 Å². The summed E-state index contributed by atoms with van der Waals surface area (Å²) >= 11 is 0. The molecule has 0 aliphatic rings. The van der Waals surface area contributed by atoms with Crippen LogP contribution in [0.2, 0.25) is 0 Å². The highest BCUT2D eigenvalue weighted by molar-refractivity contribution is 5.80. The molecule has 28 nitrogen and oxygen atoms in total. The third kappa shape index (κ3) is 11.9. The molecule has 14 aromatic rings. The van der Waals surface area contributed by atoms with Crippen molar-refractivity contribution in [2.24, 2.45) is 0 Å². The maximum absolute atomic E-state index is 11.7. The Balaban J connectivity index is 0.684. The van der Waals surface area contributed by atoms with Crippen LogP contribution < -0.4 is 31.9 Å². The van der Waals surface area contributed by atoms with E-state index in [1.807, 2.05) is 125 Å². The number of aromatic hydroxyl groups is 4. The van der Waals surface area contributed by atoms with E-state index >= 15 is 0 Å². The third-order valence-electron chi connectivity index (χ3n) is 14.9. The van der Waals surface area contributed by atoms with Crippen LogP contribution in [0.4, 0.5) is 58.4 Å². The van der Waals surface area contributed by atoms with Gasteiger partial charge in [-0.15, -0.1) is 60.0 Å². The monoisotopic (exact) mass is 1230 g/mol. The van der Waals surface area contributed by atoms with E-state index in [1.54, 1.807) is 48.5 Å². The van der Waals surface area contributed by atoms with Gasteiger partial charge in [-0.2, -0.15) is 29.9 Å². The lowest BCUT2D eigenvalue weighted by atomic mass is 10.1. The van der Waals surface area contributed by atoms with Gasteiger partial charge in [0.15, 0.2) is 23.0 Å². The Morgan fingerprint density at radius 1 is 0.283 bits per heavy atom. The summed E-state index contributed by atoms with van der Waals surface area (Å²) in [5.74, 6) is 0.257. The first-order valence-electron chi connectivity index (χ1n) is 29.5. The fourth-order valence-electron chi connectivity index (χ4n) is 10.5. The molecule has 0 fully saturated rings. The molecule has 0 radical (unpaired) electrons. The molecular weight excluding hydrogens is 1170 g/mol. The molecule has 10 N–H and O–H groups in total. The highest BCUT2D eigenvalue weighted by atomic mass is 16.3. The number of fused-ring (bicyclic) bond motifs is 4. The van der Waals surface area contributed by atoms with Crippen molar-refractivity contribution >= 4 is 103 Å². The number of rotatable bonds is 21. The highest BCUT2D eigenvalue weighted by Crippen LogP contribution is 2.39. The molecule has 0 atom stereocenters. The molecule has 6 aromatic heterocycles. The van der Waals surface area contributed by atoms with Crippen LogP contribution >= 0.6 is 0 Å². The number of benzene rings is 8. The highest BCUT2D eigenvalue weighted by Gasteiger charge is 2.22. The van der Waals surface area contributed by atoms with Crippen LogP contribution in [-0.2, 0) is 0 Å².